The molecule has 0 aromatic carbocycles. The Labute approximate surface area is 132 Å². The van der Waals surface area contributed by atoms with Gasteiger partial charge in [0.1, 0.15) is 5.82 Å². The number of aromatic nitrogens is 2. The highest BCUT2D eigenvalue weighted by molar-refractivity contribution is 6.11. The summed E-state index contributed by atoms with van der Waals surface area (Å²) in [6.07, 6.45) is 6.76. The fourth-order valence-electron chi connectivity index (χ4n) is 2.75. The molecule has 0 saturated heterocycles. The molecule has 4 heteroatoms. The highest BCUT2D eigenvalue weighted by atomic mass is 16.3. The van der Waals surface area contributed by atoms with Crippen LogP contribution in [0.4, 0.5) is 0 Å². The Morgan fingerprint density at radius 3 is 1.82 bits per heavy atom. The first-order chi connectivity index (χ1) is 9.86. The lowest BCUT2D eigenvalue weighted by Crippen LogP contribution is -2.37. The van der Waals surface area contributed by atoms with Crippen LogP contribution in [-0.2, 0) is 17.4 Å². The molecule has 0 radical (unpaired) electrons. The quantitative estimate of drug-likeness (QED) is 0.867. The Bertz CT molecular complexity index is 630. The van der Waals surface area contributed by atoms with Crippen molar-refractivity contribution in [2.24, 2.45) is 17.9 Å². The molecule has 1 heterocycles. The monoisotopic (exact) mass is 302 g/mol. The van der Waals surface area contributed by atoms with Gasteiger partial charge in [0.2, 0.25) is 0 Å². The fourth-order valence-corrected chi connectivity index (χ4v) is 2.75. The Morgan fingerprint density at radius 1 is 1.05 bits per heavy atom. The number of Topliss-reactive ketones (excluding diaryl/α,β-unsaturated/α-hetero) is 1. The van der Waals surface area contributed by atoms with Crippen LogP contribution in [0.25, 0.3) is 0 Å². The number of nitrogens with zero attached hydrogens (tertiary/aromatic N) is 2. The zero-order valence-electron chi connectivity index (χ0n) is 14.6. The van der Waals surface area contributed by atoms with E-state index in [0.29, 0.717) is 17.0 Å². The number of hydrogen-bond acceptors (Lipinski definition) is 3. The van der Waals surface area contributed by atoms with E-state index in [4.69, 9.17) is 0 Å². The van der Waals surface area contributed by atoms with Gasteiger partial charge >= 0.3 is 0 Å². The van der Waals surface area contributed by atoms with E-state index >= 15 is 0 Å². The lowest BCUT2D eigenvalue weighted by molar-refractivity contribution is -0.114. The summed E-state index contributed by atoms with van der Waals surface area (Å²) in [5.74, 6) is 0.530. The van der Waals surface area contributed by atoms with E-state index in [-0.39, 0.29) is 16.6 Å². The van der Waals surface area contributed by atoms with Gasteiger partial charge in [-0.1, -0.05) is 41.5 Å². The van der Waals surface area contributed by atoms with E-state index in [0.717, 1.165) is 0 Å². The molecule has 0 fully saturated rings. The van der Waals surface area contributed by atoms with Crippen molar-refractivity contribution in [1.82, 2.24) is 9.55 Å². The second kappa shape index (κ2) is 4.92. The Kier molecular flexibility index (Phi) is 3.73. The van der Waals surface area contributed by atoms with Crippen molar-refractivity contribution in [3.63, 3.8) is 0 Å². The molecule has 0 bridgehead atoms. The highest BCUT2D eigenvalue weighted by Gasteiger charge is 2.42. The van der Waals surface area contributed by atoms with Crippen molar-refractivity contribution in [2.45, 2.75) is 47.1 Å². The molecule has 120 valence electrons. The van der Waals surface area contributed by atoms with Crippen LogP contribution in [-0.4, -0.2) is 20.4 Å². The van der Waals surface area contributed by atoms with E-state index in [2.05, 4.69) is 4.98 Å². The minimum Gasteiger partial charge on any atom is -0.374 e. The number of aliphatic hydroxyl groups is 1. The molecule has 4 nitrogen and oxygen atoms in total. The molecule has 0 amide bonds. The predicted octanol–water partition coefficient (Wildman–Crippen LogP) is 3.14. The third-order valence-electron chi connectivity index (χ3n) is 4.01. The van der Waals surface area contributed by atoms with Gasteiger partial charge in [0.05, 0.1) is 0 Å². The molecule has 1 aliphatic carbocycles. The van der Waals surface area contributed by atoms with Gasteiger partial charge in [0, 0.05) is 30.6 Å². The van der Waals surface area contributed by atoms with E-state index in [1.54, 1.807) is 29.1 Å². The topological polar surface area (TPSA) is 55.1 Å². The van der Waals surface area contributed by atoms with Crippen LogP contribution in [0.2, 0.25) is 0 Å². The van der Waals surface area contributed by atoms with E-state index in [9.17, 15) is 9.90 Å². The van der Waals surface area contributed by atoms with Crippen molar-refractivity contribution >= 4 is 5.78 Å². The van der Waals surface area contributed by atoms with Crippen LogP contribution < -0.4 is 0 Å². The molecule has 0 saturated carbocycles. The van der Waals surface area contributed by atoms with Gasteiger partial charge < -0.3 is 9.67 Å². The average molecular weight is 302 g/mol. The number of rotatable bonds is 1. The zero-order valence-corrected chi connectivity index (χ0v) is 14.6. The van der Waals surface area contributed by atoms with Gasteiger partial charge in [0.15, 0.2) is 11.4 Å². The summed E-state index contributed by atoms with van der Waals surface area (Å²) >= 11 is 0. The van der Waals surface area contributed by atoms with Crippen LogP contribution in [0.3, 0.4) is 0 Å². The summed E-state index contributed by atoms with van der Waals surface area (Å²) in [6.45, 7) is 11.9. The molecule has 0 aliphatic heterocycles. The van der Waals surface area contributed by atoms with Crippen LogP contribution >= 0.6 is 0 Å². The van der Waals surface area contributed by atoms with Crippen molar-refractivity contribution in [3.8, 4) is 0 Å². The van der Waals surface area contributed by atoms with E-state index < -0.39 is 5.60 Å². The second-order valence-corrected chi connectivity index (χ2v) is 8.13. The average Bonchev–Trinajstić information content (AvgIpc) is 2.76. The first-order valence-electron chi connectivity index (χ1n) is 7.58. The number of carbonyl (C=O) groups is 1. The van der Waals surface area contributed by atoms with Crippen LogP contribution in [0.5, 0.6) is 0 Å². The second-order valence-electron chi connectivity index (χ2n) is 8.13. The van der Waals surface area contributed by atoms with Crippen molar-refractivity contribution in [1.29, 1.82) is 0 Å². The van der Waals surface area contributed by atoms with Gasteiger partial charge in [-0.15, -0.1) is 0 Å². The number of hydrogen-bond donors (Lipinski definition) is 1. The molecule has 0 spiro atoms. The van der Waals surface area contributed by atoms with Crippen LogP contribution in [0.15, 0.2) is 35.7 Å². The minimum absolute atomic E-state index is 0.0129. The van der Waals surface area contributed by atoms with Gasteiger partial charge in [-0.25, -0.2) is 4.98 Å². The van der Waals surface area contributed by atoms with Crippen LogP contribution in [0.1, 0.15) is 47.4 Å². The normalized spacial score (nSPS) is 19.0. The summed E-state index contributed by atoms with van der Waals surface area (Å²) in [5, 5.41) is 11.2. The van der Waals surface area contributed by atoms with Crippen molar-refractivity contribution < 1.29 is 9.90 Å². The molecule has 1 aromatic heterocycles. The van der Waals surface area contributed by atoms with Gasteiger partial charge in [-0.3, -0.25) is 4.79 Å². The molecule has 2 rings (SSSR count). The first kappa shape index (κ1) is 16.7. The molecule has 22 heavy (non-hydrogen) atoms. The molecule has 0 atom stereocenters. The summed E-state index contributed by atoms with van der Waals surface area (Å²) in [7, 11) is 1.84. The number of imidazole rings is 1. The molecule has 1 aromatic rings. The highest BCUT2D eigenvalue weighted by Crippen LogP contribution is 2.42. The minimum atomic E-state index is -1.36. The smallest absolute Gasteiger partial charge is 0.185 e. The van der Waals surface area contributed by atoms with E-state index in [1.807, 2.05) is 48.6 Å². The van der Waals surface area contributed by atoms with E-state index in [1.165, 1.54) is 0 Å². The maximum absolute atomic E-state index is 12.9. The number of allylic oxidation sites excluding steroid dienone is 2. The van der Waals surface area contributed by atoms with Crippen molar-refractivity contribution in [3.05, 3.63) is 41.5 Å². The van der Waals surface area contributed by atoms with Gasteiger partial charge in [-0.05, 0) is 23.0 Å². The Morgan fingerprint density at radius 2 is 1.50 bits per heavy atom. The predicted molar refractivity (Wildman–Crippen MR) is 87.2 cm³/mol. The third kappa shape index (κ3) is 2.80. The first-order valence-corrected chi connectivity index (χ1v) is 7.58. The molecule has 1 aliphatic rings. The Hall–Kier alpha value is -1.68. The molecule has 1 N–H and O–H groups in total. The largest absolute Gasteiger partial charge is 0.374 e. The molecule has 0 unspecified atom stereocenters. The number of aryl methyl sites for hydroxylation is 1. The van der Waals surface area contributed by atoms with Crippen molar-refractivity contribution in [2.75, 3.05) is 0 Å². The summed E-state index contributed by atoms with van der Waals surface area (Å²) in [4.78, 5) is 17.2. The standard InChI is InChI=1S/C18H26N2O2/c1-16(2,3)12-10-18(22,15-19-8-9-20(15)7)11-13(14(12)21)17(4,5)6/h8-11,22H,1-7H3. The molecular weight excluding hydrogens is 276 g/mol. The SMILES string of the molecule is Cn1ccnc1C1(O)C=C(C(C)(C)C)C(=O)C(C(C)(C)C)=C1. The maximum Gasteiger partial charge on any atom is 0.185 e. The number of ketones is 1. The lowest BCUT2D eigenvalue weighted by Gasteiger charge is -2.36. The summed E-state index contributed by atoms with van der Waals surface area (Å²) < 4.78 is 1.78. The van der Waals surface area contributed by atoms with Crippen LogP contribution in [0, 0.1) is 10.8 Å². The van der Waals surface area contributed by atoms with Gasteiger partial charge in [-0.2, -0.15) is 0 Å². The lowest BCUT2D eigenvalue weighted by atomic mass is 9.69. The summed E-state index contributed by atoms with van der Waals surface area (Å²) in [5.41, 5.74) is -0.796. The maximum atomic E-state index is 12.9. The Balaban J connectivity index is 2.72. The molecular formula is C18H26N2O2. The fraction of sp³-hybridized carbons (Fsp3) is 0.556. The zero-order chi connectivity index (χ0) is 16.9. The third-order valence-corrected chi connectivity index (χ3v) is 4.01. The number of carbonyl (C=O) groups excluding carboxylic acids is 1. The van der Waals surface area contributed by atoms with Gasteiger partial charge in [0.25, 0.3) is 0 Å². The summed E-state index contributed by atoms with van der Waals surface area (Å²) in [6, 6.07) is 0.